The molecule has 0 fully saturated rings. The van der Waals surface area contributed by atoms with Crippen LogP contribution in [-0.2, 0) is 0 Å². The molecule has 0 aliphatic carbocycles. The largest absolute Gasteiger partial charge is 0.309 e. The summed E-state index contributed by atoms with van der Waals surface area (Å²) < 4.78 is 2.44. The SMILES string of the molecule is c1ccc(-c2ccc3c(c2)-c2cccc4cccc(c24)S3)c(-c2ccc(-n3c4cc5ccccc5cc4c4cc5ccccc5cc43)cc2)c1. The third-order valence-corrected chi connectivity index (χ3v) is 11.7. The molecule has 10 aromatic rings. The number of hydrogen-bond donors (Lipinski definition) is 0. The molecule has 50 heavy (non-hydrogen) atoms. The second-order valence-electron chi connectivity index (χ2n) is 13.3. The lowest BCUT2D eigenvalue weighted by Gasteiger charge is -2.21. The molecule has 0 amide bonds. The fraction of sp³-hybridized carbons (Fsp3) is 0. The Hall–Kier alpha value is -6.09. The lowest BCUT2D eigenvalue weighted by Crippen LogP contribution is -1.95. The van der Waals surface area contributed by atoms with Gasteiger partial charge in [0, 0.05) is 31.6 Å². The molecule has 0 bridgehead atoms. The zero-order valence-electron chi connectivity index (χ0n) is 27.1. The fourth-order valence-electron chi connectivity index (χ4n) is 8.17. The smallest absolute Gasteiger partial charge is 0.0547 e. The lowest BCUT2D eigenvalue weighted by atomic mass is 9.91. The first kappa shape index (κ1) is 27.8. The van der Waals surface area contributed by atoms with Gasteiger partial charge in [-0.2, -0.15) is 0 Å². The second kappa shape index (κ2) is 10.7. The molecular weight excluding hydrogens is 623 g/mol. The van der Waals surface area contributed by atoms with Crippen molar-refractivity contribution in [3.8, 4) is 39.1 Å². The van der Waals surface area contributed by atoms with Crippen LogP contribution < -0.4 is 0 Å². The Labute approximate surface area is 294 Å². The molecule has 232 valence electrons. The van der Waals surface area contributed by atoms with Gasteiger partial charge in [-0.1, -0.05) is 133 Å². The van der Waals surface area contributed by atoms with E-state index in [2.05, 4.69) is 180 Å². The molecule has 2 heterocycles. The van der Waals surface area contributed by atoms with Gasteiger partial charge in [0.15, 0.2) is 0 Å². The van der Waals surface area contributed by atoms with E-state index in [0.717, 1.165) is 5.69 Å². The molecular formula is C48H29NS. The van der Waals surface area contributed by atoms with Gasteiger partial charge >= 0.3 is 0 Å². The van der Waals surface area contributed by atoms with Crippen molar-refractivity contribution in [2.24, 2.45) is 0 Å². The number of rotatable bonds is 3. The van der Waals surface area contributed by atoms with Gasteiger partial charge in [0.1, 0.15) is 0 Å². The van der Waals surface area contributed by atoms with Gasteiger partial charge in [0.2, 0.25) is 0 Å². The number of fused-ring (bicyclic) bond motifs is 7. The first-order chi connectivity index (χ1) is 24.8. The van der Waals surface area contributed by atoms with Gasteiger partial charge in [-0.25, -0.2) is 0 Å². The van der Waals surface area contributed by atoms with Crippen molar-refractivity contribution in [3.05, 3.63) is 176 Å². The van der Waals surface area contributed by atoms with E-state index in [0.29, 0.717) is 0 Å². The Bertz CT molecular complexity index is 2900. The van der Waals surface area contributed by atoms with Crippen LogP contribution in [0.4, 0.5) is 0 Å². The average Bonchev–Trinajstić information content (AvgIpc) is 3.48. The van der Waals surface area contributed by atoms with Crippen LogP contribution in [0, 0.1) is 0 Å². The summed E-state index contributed by atoms with van der Waals surface area (Å²) in [6.45, 7) is 0. The highest BCUT2D eigenvalue weighted by atomic mass is 32.2. The summed E-state index contributed by atoms with van der Waals surface area (Å²) in [4.78, 5) is 2.65. The minimum atomic E-state index is 1.16. The summed E-state index contributed by atoms with van der Waals surface area (Å²) >= 11 is 1.88. The molecule has 1 aromatic heterocycles. The molecule has 0 radical (unpaired) electrons. The molecule has 0 atom stereocenters. The summed E-state index contributed by atoms with van der Waals surface area (Å²) in [7, 11) is 0. The maximum absolute atomic E-state index is 2.44. The molecule has 0 spiro atoms. The van der Waals surface area contributed by atoms with Crippen LogP contribution >= 0.6 is 11.8 Å². The number of hydrogen-bond acceptors (Lipinski definition) is 1. The normalized spacial score (nSPS) is 12.3. The van der Waals surface area contributed by atoms with Gasteiger partial charge in [-0.05, 0) is 115 Å². The van der Waals surface area contributed by atoms with Crippen LogP contribution in [0.5, 0.6) is 0 Å². The third kappa shape index (κ3) is 4.16. The molecule has 0 N–H and O–H groups in total. The summed E-state index contributed by atoms with van der Waals surface area (Å²) in [6.07, 6.45) is 0. The Morgan fingerprint density at radius 2 is 0.860 bits per heavy atom. The predicted octanol–water partition coefficient (Wildman–Crippen LogP) is 13.7. The molecule has 1 nitrogen and oxygen atoms in total. The molecule has 1 aliphatic heterocycles. The van der Waals surface area contributed by atoms with Crippen LogP contribution in [0.15, 0.2) is 186 Å². The van der Waals surface area contributed by atoms with Crippen LogP contribution in [0.1, 0.15) is 0 Å². The van der Waals surface area contributed by atoms with Crippen molar-refractivity contribution < 1.29 is 0 Å². The van der Waals surface area contributed by atoms with Crippen molar-refractivity contribution in [1.82, 2.24) is 4.57 Å². The van der Waals surface area contributed by atoms with Crippen molar-refractivity contribution in [3.63, 3.8) is 0 Å². The van der Waals surface area contributed by atoms with Gasteiger partial charge < -0.3 is 4.57 Å². The molecule has 0 unspecified atom stereocenters. The van der Waals surface area contributed by atoms with E-state index in [4.69, 9.17) is 0 Å². The van der Waals surface area contributed by atoms with Crippen LogP contribution in [0.3, 0.4) is 0 Å². The van der Waals surface area contributed by atoms with E-state index in [9.17, 15) is 0 Å². The molecule has 2 heteroatoms. The number of benzene rings is 9. The van der Waals surface area contributed by atoms with Crippen molar-refractivity contribution in [2.75, 3.05) is 0 Å². The van der Waals surface area contributed by atoms with Gasteiger partial charge in [-0.3, -0.25) is 0 Å². The van der Waals surface area contributed by atoms with Crippen molar-refractivity contribution in [2.45, 2.75) is 9.79 Å². The average molecular weight is 652 g/mol. The van der Waals surface area contributed by atoms with E-state index in [1.54, 1.807) is 0 Å². The fourth-order valence-corrected chi connectivity index (χ4v) is 9.30. The van der Waals surface area contributed by atoms with Crippen LogP contribution in [-0.4, -0.2) is 4.57 Å². The van der Waals surface area contributed by atoms with Crippen molar-refractivity contribution in [1.29, 1.82) is 0 Å². The first-order valence-corrected chi connectivity index (χ1v) is 18.0. The van der Waals surface area contributed by atoms with E-state index >= 15 is 0 Å². The Morgan fingerprint density at radius 3 is 1.52 bits per heavy atom. The zero-order valence-corrected chi connectivity index (χ0v) is 27.9. The number of nitrogens with zero attached hydrogens (tertiary/aromatic N) is 1. The van der Waals surface area contributed by atoms with Gasteiger partial charge in [0.05, 0.1) is 11.0 Å². The van der Waals surface area contributed by atoms with Crippen LogP contribution in [0.25, 0.3) is 93.2 Å². The molecule has 9 aromatic carbocycles. The van der Waals surface area contributed by atoms with E-state index in [1.807, 2.05) is 11.8 Å². The first-order valence-electron chi connectivity index (χ1n) is 17.2. The summed E-state index contributed by atoms with van der Waals surface area (Å²) in [5.74, 6) is 0. The third-order valence-electron chi connectivity index (χ3n) is 10.5. The summed E-state index contributed by atoms with van der Waals surface area (Å²) in [5, 5.41) is 10.3. The maximum atomic E-state index is 2.44. The molecule has 0 saturated heterocycles. The van der Waals surface area contributed by atoms with E-state index < -0.39 is 0 Å². The zero-order chi connectivity index (χ0) is 32.8. The highest BCUT2D eigenvalue weighted by molar-refractivity contribution is 7.99. The summed E-state index contributed by atoms with van der Waals surface area (Å²) in [5.41, 5.74) is 11.2. The van der Waals surface area contributed by atoms with Crippen LogP contribution in [0.2, 0.25) is 0 Å². The molecule has 11 rings (SSSR count). The molecule has 0 saturated carbocycles. The minimum Gasteiger partial charge on any atom is -0.309 e. The molecule has 1 aliphatic rings. The standard InChI is InChI=1S/C48H29NS/c1-3-11-34-28-44-41(25-32(34)9-1)42-26-33-10-2-4-12-35(33)29-45(42)49(44)37-22-19-30(20-23-37)38-15-5-6-16-39(38)36-21-24-46-43(27-36)40-17-7-13-31-14-8-18-47(50-46)48(31)40/h1-29H. The topological polar surface area (TPSA) is 4.93 Å². The monoisotopic (exact) mass is 651 g/mol. The maximum Gasteiger partial charge on any atom is 0.0547 e. The highest BCUT2D eigenvalue weighted by Gasteiger charge is 2.20. The Kier molecular flexibility index (Phi) is 5.96. The lowest BCUT2D eigenvalue weighted by molar-refractivity contribution is 1.18. The minimum absolute atomic E-state index is 1.16. The second-order valence-corrected chi connectivity index (χ2v) is 14.4. The Balaban J connectivity index is 1.06. The quantitative estimate of drug-likeness (QED) is 0.184. The van der Waals surface area contributed by atoms with E-state index in [-0.39, 0.29) is 0 Å². The highest BCUT2D eigenvalue weighted by Crippen LogP contribution is 2.49. The van der Waals surface area contributed by atoms with Gasteiger partial charge in [-0.15, -0.1) is 0 Å². The summed E-state index contributed by atoms with van der Waals surface area (Å²) in [6, 6.07) is 65.1. The van der Waals surface area contributed by atoms with Crippen molar-refractivity contribution >= 4 is 65.9 Å². The van der Waals surface area contributed by atoms with E-state index in [1.165, 1.54) is 97.3 Å². The number of aromatic nitrogens is 1. The Morgan fingerprint density at radius 1 is 0.340 bits per heavy atom. The predicted molar refractivity (Wildman–Crippen MR) is 214 cm³/mol. The van der Waals surface area contributed by atoms with Gasteiger partial charge in [0.25, 0.3) is 0 Å².